The first-order chi connectivity index (χ1) is 14.7. The summed E-state index contributed by atoms with van der Waals surface area (Å²) in [4.78, 5) is 33.2. The molecule has 2 aliphatic rings. The molecule has 6 atom stereocenters. The Kier molecular flexibility index (Phi) is 6.05. The number of nitrogens with one attached hydrogen (secondary N) is 1. The van der Waals surface area contributed by atoms with Gasteiger partial charge in [-0.2, -0.15) is 28.3 Å². The Morgan fingerprint density at radius 1 is 1.55 bits per heavy atom. The zero-order chi connectivity index (χ0) is 22.3. The lowest BCUT2D eigenvalue weighted by Gasteiger charge is -2.30. The molecule has 0 aromatic carbocycles. The van der Waals surface area contributed by atoms with Gasteiger partial charge in [-0.25, -0.2) is 4.98 Å². The second kappa shape index (κ2) is 8.47. The molecule has 1 unspecified atom stereocenters. The first-order valence-electron chi connectivity index (χ1n) is 9.58. The van der Waals surface area contributed by atoms with E-state index in [-0.39, 0.29) is 42.6 Å². The quantitative estimate of drug-likeness (QED) is 0.254. The Balaban J connectivity index is 1.47. The van der Waals surface area contributed by atoms with Gasteiger partial charge in [0, 0.05) is 6.42 Å². The van der Waals surface area contributed by atoms with Crippen molar-refractivity contribution in [3.8, 4) is 0 Å². The zero-order valence-electron chi connectivity index (χ0n) is 16.7. The van der Waals surface area contributed by atoms with E-state index in [0.29, 0.717) is 0 Å². The van der Waals surface area contributed by atoms with E-state index in [1.165, 1.54) is 10.9 Å². The number of aromatic nitrogens is 4. The topological polar surface area (TPSA) is 176 Å². The largest absolute Gasteiger partial charge is 0.499 e. The Bertz CT molecular complexity index is 981. The Morgan fingerprint density at radius 2 is 2.32 bits per heavy atom. The highest BCUT2D eigenvalue weighted by Crippen LogP contribution is 2.59. The molecular formula is C16H23FN6O7P+. The molecule has 0 amide bonds. The van der Waals surface area contributed by atoms with Crippen LogP contribution in [-0.2, 0) is 23.3 Å². The average molecular weight is 461 g/mol. The van der Waals surface area contributed by atoms with Crippen molar-refractivity contribution in [2.75, 3.05) is 18.9 Å². The molecule has 2 fully saturated rings. The molecule has 31 heavy (non-hydrogen) atoms. The average Bonchev–Trinajstić information content (AvgIpc) is 3.27. The van der Waals surface area contributed by atoms with Crippen molar-refractivity contribution in [2.45, 2.75) is 50.8 Å². The number of nitrogens with two attached hydrogens (primary N) is 1. The number of hydrogen-bond acceptors (Lipinski definition) is 12. The van der Waals surface area contributed by atoms with Gasteiger partial charge in [0.25, 0.3) is 0 Å². The van der Waals surface area contributed by atoms with E-state index in [1.807, 2.05) is 0 Å². The highest BCUT2D eigenvalue weighted by atomic mass is 31.2. The van der Waals surface area contributed by atoms with Crippen LogP contribution in [-0.4, -0.2) is 73.1 Å². The fraction of sp³-hybridized carbons (Fsp3) is 0.625. The van der Waals surface area contributed by atoms with Gasteiger partial charge in [-0.05, 0) is 6.92 Å². The highest BCUT2D eigenvalue weighted by molar-refractivity contribution is 7.58. The van der Waals surface area contributed by atoms with Crippen LogP contribution in [0, 0.1) is 6.08 Å². The van der Waals surface area contributed by atoms with Gasteiger partial charge in [-0.3, -0.25) is 9.36 Å². The SMILES string of the molecule is CCC(=O)OC[C@H](C)N[P+]1(O)OC[C@H]2O[C@@H](n3cnc4c(N)nc(F)nc43)[C@@H](O)[C@@H]2O1. The summed E-state index contributed by atoms with van der Waals surface area (Å²) in [6.07, 6.45) is -3.46. The lowest BCUT2D eigenvalue weighted by molar-refractivity contribution is -0.143. The summed E-state index contributed by atoms with van der Waals surface area (Å²) >= 11 is 0. The number of esters is 1. The van der Waals surface area contributed by atoms with Crippen LogP contribution in [0.5, 0.6) is 0 Å². The van der Waals surface area contributed by atoms with Crippen LogP contribution in [0.25, 0.3) is 11.2 Å². The normalized spacial score (nSPS) is 31.5. The molecule has 2 saturated heterocycles. The Labute approximate surface area is 176 Å². The molecule has 0 aliphatic carbocycles. The monoisotopic (exact) mass is 461 g/mol. The van der Waals surface area contributed by atoms with Crippen LogP contribution in [0.4, 0.5) is 10.2 Å². The molecule has 5 N–H and O–H groups in total. The molecule has 13 nitrogen and oxygen atoms in total. The van der Waals surface area contributed by atoms with E-state index in [9.17, 15) is 19.2 Å². The van der Waals surface area contributed by atoms with Gasteiger partial charge in [-0.1, -0.05) is 6.92 Å². The number of imidazole rings is 1. The van der Waals surface area contributed by atoms with Crippen LogP contribution in [0.2, 0.25) is 0 Å². The van der Waals surface area contributed by atoms with Crippen molar-refractivity contribution in [2.24, 2.45) is 0 Å². The van der Waals surface area contributed by atoms with Crippen molar-refractivity contribution >= 4 is 31.0 Å². The summed E-state index contributed by atoms with van der Waals surface area (Å²) in [6, 6.07) is -0.471. The highest BCUT2D eigenvalue weighted by Gasteiger charge is 2.60. The van der Waals surface area contributed by atoms with Gasteiger partial charge < -0.3 is 20.3 Å². The van der Waals surface area contributed by atoms with Crippen LogP contribution >= 0.6 is 8.09 Å². The number of rotatable bonds is 6. The van der Waals surface area contributed by atoms with E-state index in [1.54, 1.807) is 13.8 Å². The smallest absolute Gasteiger partial charge is 0.464 e. The van der Waals surface area contributed by atoms with Crippen LogP contribution in [0.1, 0.15) is 26.5 Å². The van der Waals surface area contributed by atoms with Crippen molar-refractivity contribution in [1.82, 2.24) is 24.6 Å². The van der Waals surface area contributed by atoms with Gasteiger partial charge in [-0.15, -0.1) is 5.09 Å². The van der Waals surface area contributed by atoms with E-state index in [0.717, 1.165) is 0 Å². The number of carbonyl (C=O) groups is 1. The molecule has 4 rings (SSSR count). The molecule has 2 aliphatic heterocycles. The fourth-order valence-corrected chi connectivity index (χ4v) is 5.15. The third kappa shape index (κ3) is 4.32. The molecule has 2 aromatic heterocycles. The summed E-state index contributed by atoms with van der Waals surface area (Å²) < 4.78 is 36.9. The number of fused-ring (bicyclic) bond motifs is 2. The van der Waals surface area contributed by atoms with E-state index in [2.05, 4.69) is 20.0 Å². The molecule has 2 aromatic rings. The summed E-state index contributed by atoms with van der Waals surface area (Å²) in [5.74, 6) is -0.520. The third-order valence-electron chi connectivity index (χ3n) is 4.85. The van der Waals surface area contributed by atoms with E-state index < -0.39 is 44.8 Å². The second-order valence-corrected chi connectivity index (χ2v) is 8.98. The second-order valence-electron chi connectivity index (χ2n) is 7.21. The van der Waals surface area contributed by atoms with Gasteiger partial charge in [0.1, 0.15) is 25.4 Å². The van der Waals surface area contributed by atoms with Crippen molar-refractivity contribution in [1.29, 1.82) is 0 Å². The van der Waals surface area contributed by atoms with Crippen LogP contribution in [0.3, 0.4) is 0 Å². The van der Waals surface area contributed by atoms with Gasteiger partial charge in [0.05, 0.1) is 12.4 Å². The number of halogens is 1. The van der Waals surface area contributed by atoms with Crippen molar-refractivity contribution in [3.05, 3.63) is 12.4 Å². The minimum atomic E-state index is -3.57. The lowest BCUT2D eigenvalue weighted by atomic mass is 10.1. The number of aliphatic hydroxyl groups is 1. The standard InChI is InChI=1S/C16H23FN6O7P/c1-3-9(24)27-4-7(2)22-31(26)28-5-8-12(30-31)11(25)15(29-8)23-6-19-10-13(18)20-16(17)21-14(10)23/h6-8,11-12,15,22,25-26H,3-5H2,1-2H3,(H2,18,20,21)/q+1/t7-,8+,11-,12+,15+,31?/m0/s1. The predicted octanol–water partition coefficient (Wildman–Crippen LogP) is -0.177. The molecule has 0 spiro atoms. The summed E-state index contributed by atoms with van der Waals surface area (Å²) in [6.45, 7) is 3.28. The molecule has 15 heteroatoms. The summed E-state index contributed by atoms with van der Waals surface area (Å²) in [5, 5.41) is 13.6. The summed E-state index contributed by atoms with van der Waals surface area (Å²) in [7, 11) is -3.57. The Morgan fingerprint density at radius 3 is 3.06 bits per heavy atom. The maximum atomic E-state index is 13.6. The molecule has 0 saturated carbocycles. The summed E-state index contributed by atoms with van der Waals surface area (Å²) in [5.41, 5.74) is 5.87. The van der Waals surface area contributed by atoms with Crippen molar-refractivity contribution in [3.63, 3.8) is 0 Å². The number of anilines is 1. The van der Waals surface area contributed by atoms with Crippen molar-refractivity contribution < 1.29 is 37.7 Å². The molecule has 170 valence electrons. The van der Waals surface area contributed by atoms with Crippen LogP contribution < -0.4 is 10.8 Å². The van der Waals surface area contributed by atoms with Gasteiger partial charge in [0.2, 0.25) is 0 Å². The molecule has 0 radical (unpaired) electrons. The number of aliphatic hydroxyl groups excluding tert-OH is 1. The number of hydrogen-bond donors (Lipinski definition) is 4. The third-order valence-corrected chi connectivity index (χ3v) is 6.64. The first-order valence-corrected chi connectivity index (χ1v) is 11.2. The van der Waals surface area contributed by atoms with E-state index >= 15 is 0 Å². The first kappa shape index (κ1) is 22.1. The fourth-order valence-electron chi connectivity index (χ4n) is 3.38. The van der Waals surface area contributed by atoms with Crippen LogP contribution in [0.15, 0.2) is 6.33 Å². The number of nitrogens with zero attached hydrogens (tertiary/aromatic N) is 4. The predicted molar refractivity (Wildman–Crippen MR) is 103 cm³/mol. The minimum absolute atomic E-state index is 0.00515. The van der Waals surface area contributed by atoms with Gasteiger partial charge in [0.15, 0.2) is 29.3 Å². The molecule has 4 heterocycles. The number of nitrogen functional groups attached to an aromatic ring is 1. The zero-order valence-corrected chi connectivity index (χ0v) is 17.6. The molecular weight excluding hydrogens is 438 g/mol. The molecule has 0 bridgehead atoms. The van der Waals surface area contributed by atoms with Gasteiger partial charge >= 0.3 is 20.1 Å². The Hall–Kier alpha value is -2.06. The number of carbonyl (C=O) groups excluding carboxylic acids is 1. The lowest BCUT2D eigenvalue weighted by Crippen LogP contribution is -2.45. The van der Waals surface area contributed by atoms with E-state index in [4.69, 9.17) is 24.3 Å². The minimum Gasteiger partial charge on any atom is -0.464 e. The maximum Gasteiger partial charge on any atom is 0.499 e. The maximum absolute atomic E-state index is 13.6. The number of ether oxygens (including phenoxy) is 2.